The zero-order valence-electron chi connectivity index (χ0n) is 15.0. The summed E-state index contributed by atoms with van der Waals surface area (Å²) >= 11 is 6.23. The number of halogens is 1. The van der Waals surface area contributed by atoms with Crippen molar-refractivity contribution in [1.29, 1.82) is 0 Å². The first-order chi connectivity index (χ1) is 11.4. The Labute approximate surface area is 149 Å². The summed E-state index contributed by atoms with van der Waals surface area (Å²) in [5, 5.41) is 3.47. The van der Waals surface area contributed by atoms with E-state index in [0.717, 1.165) is 32.4 Å². The fraction of sp³-hybridized carbons (Fsp3) is 0.611. The topological polar surface area (TPSA) is 44.8 Å². The van der Waals surface area contributed by atoms with Crippen molar-refractivity contribution in [3.8, 4) is 5.75 Å². The smallest absolute Gasteiger partial charge is 0.321 e. The van der Waals surface area contributed by atoms with E-state index < -0.39 is 0 Å². The van der Waals surface area contributed by atoms with E-state index in [9.17, 15) is 4.79 Å². The SMILES string of the molecule is CC(C)Oc1c(Cl)cccc1NC(=O)N1CCC[C@H](N(C)C)CC1. The van der Waals surface area contributed by atoms with Crippen LogP contribution in [0.2, 0.25) is 5.02 Å². The van der Waals surface area contributed by atoms with Gasteiger partial charge in [-0.3, -0.25) is 0 Å². The number of carbonyl (C=O) groups excluding carboxylic acids is 1. The maximum atomic E-state index is 12.6. The Balaban J connectivity index is 2.06. The van der Waals surface area contributed by atoms with Gasteiger partial charge in [-0.1, -0.05) is 17.7 Å². The van der Waals surface area contributed by atoms with Crippen molar-refractivity contribution in [2.75, 3.05) is 32.5 Å². The number of hydrogen-bond acceptors (Lipinski definition) is 3. The average molecular weight is 354 g/mol. The summed E-state index contributed by atoms with van der Waals surface area (Å²) in [5.41, 5.74) is 0.620. The van der Waals surface area contributed by atoms with Crippen molar-refractivity contribution in [1.82, 2.24) is 9.80 Å². The molecule has 0 unspecified atom stereocenters. The van der Waals surface area contributed by atoms with Crippen LogP contribution in [-0.2, 0) is 0 Å². The van der Waals surface area contributed by atoms with Gasteiger partial charge in [0.15, 0.2) is 5.75 Å². The van der Waals surface area contributed by atoms with Crippen molar-refractivity contribution in [2.45, 2.75) is 45.3 Å². The van der Waals surface area contributed by atoms with Crippen molar-refractivity contribution < 1.29 is 9.53 Å². The van der Waals surface area contributed by atoms with E-state index in [1.807, 2.05) is 30.9 Å². The number of hydrogen-bond donors (Lipinski definition) is 1. The van der Waals surface area contributed by atoms with E-state index in [2.05, 4.69) is 24.3 Å². The Morgan fingerprint density at radius 1 is 1.33 bits per heavy atom. The van der Waals surface area contributed by atoms with Crippen LogP contribution in [0.3, 0.4) is 0 Å². The van der Waals surface area contributed by atoms with Crippen molar-refractivity contribution >= 4 is 23.3 Å². The second-order valence-electron chi connectivity index (χ2n) is 6.75. The van der Waals surface area contributed by atoms with Gasteiger partial charge in [0.1, 0.15) is 0 Å². The first-order valence-electron chi connectivity index (χ1n) is 8.56. The Kier molecular flexibility index (Phi) is 6.75. The first-order valence-corrected chi connectivity index (χ1v) is 8.93. The molecule has 6 heteroatoms. The molecule has 1 N–H and O–H groups in total. The molecular weight excluding hydrogens is 326 g/mol. The minimum Gasteiger partial charge on any atom is -0.487 e. The standard InChI is InChI=1S/C18H28ClN3O2/c1-13(2)24-17-15(19)8-5-9-16(17)20-18(23)22-11-6-7-14(10-12-22)21(3)4/h5,8-9,13-14H,6-7,10-12H2,1-4H3,(H,20,23)/t14-/m0/s1. The Morgan fingerprint density at radius 3 is 2.75 bits per heavy atom. The second-order valence-corrected chi connectivity index (χ2v) is 7.16. The van der Waals surface area contributed by atoms with Crippen LogP contribution in [-0.4, -0.2) is 55.2 Å². The van der Waals surface area contributed by atoms with Gasteiger partial charge in [0.2, 0.25) is 0 Å². The zero-order valence-corrected chi connectivity index (χ0v) is 15.8. The molecule has 1 atom stereocenters. The minimum atomic E-state index is -0.0923. The number of urea groups is 1. The molecule has 1 aliphatic heterocycles. The summed E-state index contributed by atoms with van der Waals surface area (Å²) in [6.45, 7) is 5.41. The monoisotopic (exact) mass is 353 g/mol. The average Bonchev–Trinajstić information content (AvgIpc) is 2.76. The minimum absolute atomic E-state index is 0.0143. The molecule has 0 spiro atoms. The normalized spacial score (nSPS) is 18.6. The van der Waals surface area contributed by atoms with Crippen LogP contribution in [0.5, 0.6) is 5.75 Å². The fourth-order valence-corrected chi connectivity index (χ4v) is 3.17. The summed E-state index contributed by atoms with van der Waals surface area (Å²) in [4.78, 5) is 16.8. The molecule has 1 aromatic rings. The van der Waals surface area contributed by atoms with Gasteiger partial charge in [0, 0.05) is 19.1 Å². The molecule has 1 aromatic carbocycles. The molecular formula is C18H28ClN3O2. The molecule has 24 heavy (non-hydrogen) atoms. The summed E-state index contributed by atoms with van der Waals surface area (Å²) < 4.78 is 5.77. The van der Waals surface area contributed by atoms with Gasteiger partial charge < -0.3 is 19.9 Å². The lowest BCUT2D eigenvalue weighted by Crippen LogP contribution is -2.36. The van der Waals surface area contributed by atoms with Gasteiger partial charge in [-0.15, -0.1) is 0 Å². The molecule has 0 saturated carbocycles. The van der Waals surface area contributed by atoms with Gasteiger partial charge in [-0.25, -0.2) is 4.79 Å². The van der Waals surface area contributed by atoms with Crippen LogP contribution in [0, 0.1) is 0 Å². The summed E-state index contributed by atoms with van der Waals surface area (Å²) in [5.74, 6) is 0.531. The molecule has 0 aromatic heterocycles. The molecule has 0 aliphatic carbocycles. The maximum Gasteiger partial charge on any atom is 0.321 e. The largest absolute Gasteiger partial charge is 0.487 e. The van der Waals surface area contributed by atoms with Gasteiger partial charge in [0.05, 0.1) is 16.8 Å². The number of ether oxygens (including phenoxy) is 1. The molecule has 2 rings (SSSR count). The van der Waals surface area contributed by atoms with Crippen molar-refractivity contribution in [3.05, 3.63) is 23.2 Å². The number of amides is 2. The van der Waals surface area contributed by atoms with E-state index in [1.165, 1.54) is 0 Å². The molecule has 1 heterocycles. The molecule has 1 fully saturated rings. The third-order valence-electron chi connectivity index (χ3n) is 4.28. The molecule has 2 amide bonds. The lowest BCUT2D eigenvalue weighted by molar-refractivity contribution is 0.210. The van der Waals surface area contributed by atoms with E-state index in [1.54, 1.807) is 6.07 Å². The number of nitrogens with zero attached hydrogens (tertiary/aromatic N) is 2. The number of carbonyl (C=O) groups is 1. The second kappa shape index (κ2) is 8.58. The van der Waals surface area contributed by atoms with Gasteiger partial charge in [-0.2, -0.15) is 0 Å². The lowest BCUT2D eigenvalue weighted by atomic mass is 10.1. The highest BCUT2D eigenvalue weighted by Crippen LogP contribution is 2.34. The quantitative estimate of drug-likeness (QED) is 0.887. The third kappa shape index (κ3) is 5.02. The third-order valence-corrected chi connectivity index (χ3v) is 4.57. The van der Waals surface area contributed by atoms with E-state index >= 15 is 0 Å². The number of likely N-dealkylation sites (tertiary alicyclic amines) is 1. The number of nitrogens with one attached hydrogen (secondary N) is 1. The lowest BCUT2D eigenvalue weighted by Gasteiger charge is -2.24. The predicted molar refractivity (Wildman–Crippen MR) is 99.1 cm³/mol. The van der Waals surface area contributed by atoms with Gasteiger partial charge >= 0.3 is 6.03 Å². The number of rotatable bonds is 4. The van der Waals surface area contributed by atoms with Crippen LogP contribution < -0.4 is 10.1 Å². The molecule has 1 aliphatic rings. The first kappa shape index (κ1) is 18.9. The predicted octanol–water partition coefficient (Wildman–Crippen LogP) is 4.08. The molecule has 0 radical (unpaired) electrons. The van der Waals surface area contributed by atoms with Crippen LogP contribution in [0.25, 0.3) is 0 Å². The molecule has 134 valence electrons. The molecule has 5 nitrogen and oxygen atoms in total. The van der Waals surface area contributed by atoms with Gasteiger partial charge in [0.25, 0.3) is 0 Å². The number of benzene rings is 1. The van der Waals surface area contributed by atoms with Crippen molar-refractivity contribution in [2.24, 2.45) is 0 Å². The van der Waals surface area contributed by atoms with Crippen LogP contribution in [0.1, 0.15) is 33.1 Å². The number of para-hydroxylation sites is 1. The Bertz CT molecular complexity index is 563. The summed E-state index contributed by atoms with van der Waals surface area (Å²) in [6, 6.07) is 5.85. The molecule has 0 bridgehead atoms. The van der Waals surface area contributed by atoms with Crippen LogP contribution in [0.15, 0.2) is 18.2 Å². The van der Waals surface area contributed by atoms with Crippen molar-refractivity contribution in [3.63, 3.8) is 0 Å². The van der Waals surface area contributed by atoms with Gasteiger partial charge in [-0.05, 0) is 59.3 Å². The van der Waals surface area contributed by atoms with E-state index in [4.69, 9.17) is 16.3 Å². The van der Waals surface area contributed by atoms with E-state index in [0.29, 0.717) is 22.5 Å². The van der Waals surface area contributed by atoms with Crippen LogP contribution in [0.4, 0.5) is 10.5 Å². The Hall–Kier alpha value is -1.46. The number of anilines is 1. The van der Waals surface area contributed by atoms with E-state index in [-0.39, 0.29) is 12.1 Å². The highest BCUT2D eigenvalue weighted by atomic mass is 35.5. The Morgan fingerprint density at radius 2 is 2.08 bits per heavy atom. The molecule has 1 saturated heterocycles. The maximum absolute atomic E-state index is 12.6. The summed E-state index contributed by atoms with van der Waals surface area (Å²) in [7, 11) is 4.20. The fourth-order valence-electron chi connectivity index (χ4n) is 2.96. The zero-order chi connectivity index (χ0) is 17.7. The highest BCUT2D eigenvalue weighted by Gasteiger charge is 2.22. The van der Waals surface area contributed by atoms with Crippen LogP contribution >= 0.6 is 11.6 Å². The summed E-state index contributed by atoms with van der Waals surface area (Å²) in [6.07, 6.45) is 3.11. The highest BCUT2D eigenvalue weighted by molar-refractivity contribution is 6.32.